The summed E-state index contributed by atoms with van der Waals surface area (Å²) in [6.07, 6.45) is 10.4. The highest BCUT2D eigenvalue weighted by Crippen LogP contribution is 2.38. The molecule has 0 amide bonds. The van der Waals surface area contributed by atoms with Crippen LogP contribution in [0.15, 0.2) is 0 Å². The van der Waals surface area contributed by atoms with Crippen LogP contribution in [0.2, 0.25) is 0 Å². The van der Waals surface area contributed by atoms with Crippen LogP contribution in [0, 0.1) is 11.8 Å². The van der Waals surface area contributed by atoms with Gasteiger partial charge in [0.15, 0.2) is 0 Å². The molecular weight excluding hydrogens is 220 g/mol. The molecule has 1 aliphatic heterocycles. The molecule has 0 aromatic carbocycles. The molecule has 1 saturated heterocycles. The lowest BCUT2D eigenvalue weighted by molar-refractivity contribution is 0.0773. The molecule has 104 valence electrons. The van der Waals surface area contributed by atoms with Crippen LogP contribution in [0.1, 0.15) is 58.8 Å². The van der Waals surface area contributed by atoms with Gasteiger partial charge in [-0.25, -0.2) is 0 Å². The minimum atomic E-state index is 0.321. The zero-order valence-electron chi connectivity index (χ0n) is 12.3. The van der Waals surface area contributed by atoms with Crippen LogP contribution in [0.5, 0.6) is 0 Å². The zero-order valence-corrected chi connectivity index (χ0v) is 12.3. The average Bonchev–Trinajstić information content (AvgIpc) is 3.02. The van der Waals surface area contributed by atoms with Crippen molar-refractivity contribution in [3.05, 3.63) is 0 Å². The van der Waals surface area contributed by atoms with E-state index >= 15 is 0 Å². The van der Waals surface area contributed by atoms with E-state index < -0.39 is 0 Å². The van der Waals surface area contributed by atoms with Crippen molar-refractivity contribution in [1.82, 2.24) is 10.2 Å². The van der Waals surface area contributed by atoms with Gasteiger partial charge in [0, 0.05) is 24.7 Å². The highest BCUT2D eigenvalue weighted by molar-refractivity contribution is 4.98. The molecule has 18 heavy (non-hydrogen) atoms. The van der Waals surface area contributed by atoms with Crippen molar-refractivity contribution in [2.45, 2.75) is 70.4 Å². The Balaban J connectivity index is 1.54. The Morgan fingerprint density at radius 3 is 2.50 bits per heavy atom. The van der Waals surface area contributed by atoms with Crippen molar-refractivity contribution in [1.29, 1.82) is 0 Å². The highest BCUT2D eigenvalue weighted by Gasteiger charge is 2.40. The molecule has 0 bridgehead atoms. The van der Waals surface area contributed by atoms with Crippen LogP contribution < -0.4 is 5.32 Å². The van der Waals surface area contributed by atoms with Gasteiger partial charge in [0.2, 0.25) is 0 Å². The van der Waals surface area contributed by atoms with Crippen molar-refractivity contribution in [3.63, 3.8) is 0 Å². The third kappa shape index (κ3) is 3.08. The summed E-state index contributed by atoms with van der Waals surface area (Å²) >= 11 is 0. The van der Waals surface area contributed by atoms with Gasteiger partial charge in [0.25, 0.3) is 0 Å². The van der Waals surface area contributed by atoms with E-state index in [2.05, 4.69) is 24.1 Å². The van der Waals surface area contributed by atoms with Crippen molar-refractivity contribution in [3.8, 4) is 0 Å². The normalized spacial score (nSPS) is 34.0. The molecule has 3 rings (SSSR count). The molecule has 0 spiro atoms. The Morgan fingerprint density at radius 1 is 1.11 bits per heavy atom. The monoisotopic (exact) mass is 250 g/mol. The fraction of sp³-hybridized carbons (Fsp3) is 1.00. The summed E-state index contributed by atoms with van der Waals surface area (Å²) in [5, 5.41) is 3.75. The molecule has 1 atom stereocenters. The van der Waals surface area contributed by atoms with Gasteiger partial charge in [-0.05, 0) is 51.5 Å². The standard InChI is InChI=1S/C16H30N2/c1-16(2)12-18(10-9-13-5-3-4-6-13)15(11-17-16)14-7-8-14/h13-15,17H,3-12H2,1-2H3. The van der Waals surface area contributed by atoms with E-state index in [4.69, 9.17) is 0 Å². The number of piperazine rings is 1. The first-order valence-corrected chi connectivity index (χ1v) is 8.13. The highest BCUT2D eigenvalue weighted by atomic mass is 15.3. The molecule has 0 aromatic rings. The molecule has 3 fully saturated rings. The van der Waals surface area contributed by atoms with Gasteiger partial charge in [-0.3, -0.25) is 4.90 Å². The molecule has 2 nitrogen and oxygen atoms in total. The second-order valence-electron chi connectivity index (χ2n) is 7.58. The lowest BCUT2D eigenvalue weighted by Gasteiger charge is -2.45. The van der Waals surface area contributed by atoms with Crippen LogP contribution in [-0.4, -0.2) is 36.1 Å². The van der Waals surface area contributed by atoms with E-state index in [1.807, 2.05) is 0 Å². The van der Waals surface area contributed by atoms with Gasteiger partial charge in [0.05, 0.1) is 0 Å². The first-order chi connectivity index (χ1) is 8.64. The topological polar surface area (TPSA) is 15.3 Å². The van der Waals surface area contributed by atoms with Crippen molar-refractivity contribution < 1.29 is 0 Å². The number of nitrogens with zero attached hydrogens (tertiary/aromatic N) is 1. The maximum Gasteiger partial charge on any atom is 0.0252 e. The van der Waals surface area contributed by atoms with Crippen molar-refractivity contribution in [2.24, 2.45) is 11.8 Å². The second kappa shape index (κ2) is 5.13. The Hall–Kier alpha value is -0.0800. The van der Waals surface area contributed by atoms with Gasteiger partial charge in [0.1, 0.15) is 0 Å². The van der Waals surface area contributed by atoms with Crippen LogP contribution in [0.25, 0.3) is 0 Å². The molecular formula is C16H30N2. The number of nitrogens with one attached hydrogen (secondary N) is 1. The molecule has 3 aliphatic rings. The minimum absolute atomic E-state index is 0.321. The van der Waals surface area contributed by atoms with E-state index in [-0.39, 0.29) is 0 Å². The Morgan fingerprint density at radius 2 is 1.83 bits per heavy atom. The minimum Gasteiger partial charge on any atom is -0.309 e. The molecule has 1 heterocycles. The zero-order chi connectivity index (χ0) is 12.6. The van der Waals surface area contributed by atoms with Gasteiger partial charge >= 0.3 is 0 Å². The summed E-state index contributed by atoms with van der Waals surface area (Å²) < 4.78 is 0. The third-order valence-corrected chi connectivity index (χ3v) is 5.32. The number of hydrogen-bond donors (Lipinski definition) is 1. The first kappa shape index (κ1) is 12.9. The SMILES string of the molecule is CC1(C)CN(CCC2CCCC2)C(C2CC2)CN1. The lowest BCUT2D eigenvalue weighted by atomic mass is 9.95. The summed E-state index contributed by atoms with van der Waals surface area (Å²) in [5.74, 6) is 2.06. The Bertz CT molecular complexity index is 277. The van der Waals surface area contributed by atoms with Crippen LogP contribution in [-0.2, 0) is 0 Å². The van der Waals surface area contributed by atoms with E-state index in [9.17, 15) is 0 Å². The van der Waals surface area contributed by atoms with E-state index in [0.717, 1.165) is 17.9 Å². The molecule has 0 radical (unpaired) electrons. The molecule has 2 saturated carbocycles. The van der Waals surface area contributed by atoms with E-state index in [1.165, 1.54) is 64.6 Å². The van der Waals surface area contributed by atoms with E-state index in [1.54, 1.807) is 0 Å². The molecule has 0 aromatic heterocycles. The average molecular weight is 250 g/mol. The Kier molecular flexibility index (Phi) is 3.68. The van der Waals surface area contributed by atoms with E-state index in [0.29, 0.717) is 5.54 Å². The lowest BCUT2D eigenvalue weighted by Crippen LogP contribution is -2.62. The van der Waals surface area contributed by atoms with Gasteiger partial charge < -0.3 is 5.32 Å². The summed E-state index contributed by atoms with van der Waals surface area (Å²) in [6.45, 7) is 8.55. The smallest absolute Gasteiger partial charge is 0.0252 e. The molecule has 1 N–H and O–H groups in total. The first-order valence-electron chi connectivity index (χ1n) is 8.13. The van der Waals surface area contributed by atoms with Crippen molar-refractivity contribution >= 4 is 0 Å². The molecule has 2 heteroatoms. The van der Waals surface area contributed by atoms with Gasteiger partial charge in [-0.1, -0.05) is 25.7 Å². The predicted octanol–water partition coefficient (Wildman–Crippen LogP) is 3.03. The van der Waals surface area contributed by atoms with Crippen molar-refractivity contribution in [2.75, 3.05) is 19.6 Å². The molecule has 2 aliphatic carbocycles. The summed E-state index contributed by atoms with van der Waals surface area (Å²) in [4.78, 5) is 2.83. The second-order valence-corrected chi connectivity index (χ2v) is 7.58. The number of hydrogen-bond acceptors (Lipinski definition) is 2. The Labute approximate surface area is 113 Å². The molecule has 1 unspecified atom stereocenters. The van der Waals surface area contributed by atoms with Gasteiger partial charge in [-0.15, -0.1) is 0 Å². The third-order valence-electron chi connectivity index (χ3n) is 5.32. The maximum absolute atomic E-state index is 3.75. The van der Waals surface area contributed by atoms with Gasteiger partial charge in [-0.2, -0.15) is 0 Å². The fourth-order valence-electron chi connectivity index (χ4n) is 4.03. The summed E-state index contributed by atoms with van der Waals surface area (Å²) in [5.41, 5.74) is 0.321. The summed E-state index contributed by atoms with van der Waals surface area (Å²) in [7, 11) is 0. The number of rotatable bonds is 4. The maximum atomic E-state index is 3.75. The fourth-order valence-corrected chi connectivity index (χ4v) is 4.03. The van der Waals surface area contributed by atoms with Crippen LogP contribution >= 0.6 is 0 Å². The van der Waals surface area contributed by atoms with Crippen LogP contribution in [0.4, 0.5) is 0 Å². The predicted molar refractivity (Wildman–Crippen MR) is 76.7 cm³/mol. The largest absolute Gasteiger partial charge is 0.309 e. The quantitative estimate of drug-likeness (QED) is 0.825. The van der Waals surface area contributed by atoms with Crippen LogP contribution in [0.3, 0.4) is 0 Å². The summed E-state index contributed by atoms with van der Waals surface area (Å²) in [6, 6.07) is 0.847.